The SMILES string of the molecule is CN(C)c1cc(-c2ccnc(N)c2)ccc1C(=O)N(CC=O)Cc1cccc(C(=O)O)c1. The lowest BCUT2D eigenvalue weighted by molar-refractivity contribution is -0.108. The van der Waals surface area contributed by atoms with E-state index in [0.717, 1.165) is 11.1 Å². The van der Waals surface area contributed by atoms with Crippen LogP contribution in [-0.2, 0) is 11.3 Å². The van der Waals surface area contributed by atoms with Crippen molar-refractivity contribution in [3.63, 3.8) is 0 Å². The average Bonchev–Trinajstić information content (AvgIpc) is 2.78. The molecule has 0 atom stereocenters. The van der Waals surface area contributed by atoms with Crippen LogP contribution >= 0.6 is 0 Å². The molecule has 3 rings (SSSR count). The first-order valence-electron chi connectivity index (χ1n) is 9.88. The number of aldehydes is 1. The number of hydrogen-bond donors (Lipinski definition) is 2. The van der Waals surface area contributed by atoms with Crippen molar-refractivity contribution in [1.82, 2.24) is 9.88 Å². The van der Waals surface area contributed by atoms with Gasteiger partial charge in [-0.05, 0) is 53.1 Å². The van der Waals surface area contributed by atoms with E-state index in [1.807, 2.05) is 37.2 Å². The number of anilines is 2. The summed E-state index contributed by atoms with van der Waals surface area (Å²) in [5.74, 6) is -0.987. The number of carboxylic acid groups (broad SMARTS) is 1. The molecule has 32 heavy (non-hydrogen) atoms. The number of aromatic nitrogens is 1. The van der Waals surface area contributed by atoms with Gasteiger partial charge in [0.1, 0.15) is 12.1 Å². The number of pyridine rings is 1. The van der Waals surface area contributed by atoms with Crippen molar-refractivity contribution in [2.24, 2.45) is 0 Å². The van der Waals surface area contributed by atoms with Crippen molar-refractivity contribution < 1.29 is 19.5 Å². The number of rotatable bonds is 8. The largest absolute Gasteiger partial charge is 0.478 e. The van der Waals surface area contributed by atoms with Crippen molar-refractivity contribution in [2.45, 2.75) is 6.54 Å². The minimum atomic E-state index is -1.05. The second-order valence-electron chi connectivity index (χ2n) is 7.45. The Bertz CT molecular complexity index is 1160. The summed E-state index contributed by atoms with van der Waals surface area (Å²) in [6.07, 6.45) is 2.28. The highest BCUT2D eigenvalue weighted by Crippen LogP contribution is 2.29. The fourth-order valence-corrected chi connectivity index (χ4v) is 3.39. The van der Waals surface area contributed by atoms with Crippen molar-refractivity contribution in [3.05, 3.63) is 77.5 Å². The minimum absolute atomic E-state index is 0.105. The van der Waals surface area contributed by atoms with Gasteiger partial charge >= 0.3 is 5.97 Å². The molecule has 0 aliphatic carbocycles. The molecule has 0 radical (unpaired) electrons. The summed E-state index contributed by atoms with van der Waals surface area (Å²) in [7, 11) is 3.66. The summed E-state index contributed by atoms with van der Waals surface area (Å²) in [5.41, 5.74) is 9.38. The Kier molecular flexibility index (Phi) is 6.84. The molecule has 1 amide bonds. The number of carbonyl (C=O) groups excluding carboxylic acids is 2. The molecule has 0 fully saturated rings. The molecule has 0 spiro atoms. The van der Waals surface area contributed by atoms with Crippen molar-refractivity contribution in [2.75, 3.05) is 31.3 Å². The Balaban J connectivity index is 1.96. The molecular formula is C24H24N4O4. The van der Waals surface area contributed by atoms with Gasteiger partial charge in [0.25, 0.3) is 5.91 Å². The van der Waals surface area contributed by atoms with Crippen molar-refractivity contribution >= 4 is 29.7 Å². The predicted molar refractivity (Wildman–Crippen MR) is 123 cm³/mol. The zero-order valence-corrected chi connectivity index (χ0v) is 17.9. The number of amides is 1. The van der Waals surface area contributed by atoms with Crippen molar-refractivity contribution in [1.29, 1.82) is 0 Å². The van der Waals surface area contributed by atoms with E-state index in [4.69, 9.17) is 5.73 Å². The monoisotopic (exact) mass is 432 g/mol. The van der Waals surface area contributed by atoms with Gasteiger partial charge in [-0.15, -0.1) is 0 Å². The summed E-state index contributed by atoms with van der Waals surface area (Å²) in [4.78, 5) is 43.1. The first-order chi connectivity index (χ1) is 15.3. The van der Waals surface area contributed by atoms with Crippen LogP contribution in [0.3, 0.4) is 0 Å². The maximum atomic E-state index is 13.4. The molecule has 8 nitrogen and oxygen atoms in total. The number of carbonyl (C=O) groups is 3. The number of carboxylic acids is 1. The van der Waals surface area contributed by atoms with Crippen LogP contribution < -0.4 is 10.6 Å². The molecule has 0 saturated carbocycles. The lowest BCUT2D eigenvalue weighted by Gasteiger charge is -2.24. The van der Waals surface area contributed by atoms with Crippen LogP contribution in [0.5, 0.6) is 0 Å². The van der Waals surface area contributed by atoms with Gasteiger partial charge in [0.2, 0.25) is 0 Å². The number of hydrogen-bond acceptors (Lipinski definition) is 6. The normalized spacial score (nSPS) is 10.4. The molecule has 3 N–H and O–H groups in total. The highest BCUT2D eigenvalue weighted by atomic mass is 16.4. The molecule has 0 unspecified atom stereocenters. The van der Waals surface area contributed by atoms with Crippen LogP contribution in [-0.4, -0.2) is 53.8 Å². The quantitative estimate of drug-likeness (QED) is 0.526. The molecule has 8 heteroatoms. The van der Waals surface area contributed by atoms with E-state index < -0.39 is 5.97 Å². The molecule has 164 valence electrons. The van der Waals surface area contributed by atoms with Crippen molar-refractivity contribution in [3.8, 4) is 11.1 Å². The number of nitrogens with zero attached hydrogens (tertiary/aromatic N) is 3. The Morgan fingerprint density at radius 2 is 1.81 bits per heavy atom. The predicted octanol–water partition coefficient (Wildman–Crippen LogP) is 2.94. The summed E-state index contributed by atoms with van der Waals surface area (Å²) in [5, 5.41) is 9.21. The molecule has 0 saturated heterocycles. The van der Waals surface area contributed by atoms with Gasteiger partial charge in [-0.3, -0.25) is 4.79 Å². The Morgan fingerprint density at radius 3 is 2.47 bits per heavy atom. The van der Waals surface area contributed by atoms with E-state index >= 15 is 0 Å². The van der Waals surface area contributed by atoms with E-state index in [1.54, 1.807) is 30.5 Å². The lowest BCUT2D eigenvalue weighted by Crippen LogP contribution is -2.33. The number of nitrogen functional groups attached to an aromatic ring is 1. The maximum absolute atomic E-state index is 13.4. The van der Waals surface area contributed by atoms with Gasteiger partial charge in [0.15, 0.2) is 0 Å². The molecular weight excluding hydrogens is 408 g/mol. The third kappa shape index (κ3) is 5.10. The van der Waals surface area contributed by atoms with Gasteiger partial charge in [0, 0.05) is 32.5 Å². The lowest BCUT2D eigenvalue weighted by atomic mass is 10.0. The van der Waals surface area contributed by atoms with E-state index in [0.29, 0.717) is 28.9 Å². The Hall–Kier alpha value is -4.20. The van der Waals surface area contributed by atoms with Gasteiger partial charge in [-0.1, -0.05) is 18.2 Å². The molecule has 0 aliphatic heterocycles. The fraction of sp³-hybridized carbons (Fsp3) is 0.167. The summed E-state index contributed by atoms with van der Waals surface area (Å²) >= 11 is 0. The highest BCUT2D eigenvalue weighted by Gasteiger charge is 2.21. The molecule has 1 aromatic heterocycles. The minimum Gasteiger partial charge on any atom is -0.478 e. The zero-order chi connectivity index (χ0) is 23.3. The average molecular weight is 432 g/mol. The molecule has 1 heterocycles. The second kappa shape index (κ2) is 9.74. The van der Waals surface area contributed by atoms with Crippen LogP contribution in [0.1, 0.15) is 26.3 Å². The Labute approximate surface area is 185 Å². The summed E-state index contributed by atoms with van der Waals surface area (Å²) < 4.78 is 0. The number of aromatic carboxylic acids is 1. The van der Waals surface area contributed by atoms with E-state index in [2.05, 4.69) is 4.98 Å². The van der Waals surface area contributed by atoms with Crippen LogP contribution in [0.25, 0.3) is 11.1 Å². The van der Waals surface area contributed by atoms with Crippen LogP contribution in [0, 0.1) is 0 Å². The molecule has 0 bridgehead atoms. The standard InChI is InChI=1S/C24H24N4O4/c1-27(2)21-13-17(18-8-9-26-22(25)14-18)6-7-20(21)23(30)28(10-11-29)15-16-4-3-5-19(12-16)24(31)32/h3-9,11-14H,10,15H2,1-2H3,(H2,25,26)(H,31,32). The second-order valence-corrected chi connectivity index (χ2v) is 7.45. The van der Waals surface area contributed by atoms with Gasteiger partial charge in [-0.2, -0.15) is 0 Å². The van der Waals surface area contributed by atoms with E-state index in [-0.39, 0.29) is 24.6 Å². The molecule has 2 aromatic carbocycles. The third-order valence-electron chi connectivity index (χ3n) is 4.95. The first-order valence-corrected chi connectivity index (χ1v) is 9.88. The molecule has 3 aromatic rings. The smallest absolute Gasteiger partial charge is 0.335 e. The first kappa shape index (κ1) is 22.5. The van der Waals surface area contributed by atoms with Crippen LogP contribution in [0.15, 0.2) is 60.8 Å². The van der Waals surface area contributed by atoms with Crippen LogP contribution in [0.4, 0.5) is 11.5 Å². The third-order valence-corrected chi connectivity index (χ3v) is 4.95. The van der Waals surface area contributed by atoms with E-state index in [1.165, 1.54) is 17.0 Å². The summed E-state index contributed by atoms with van der Waals surface area (Å²) in [6, 6.07) is 15.3. The number of nitrogens with two attached hydrogens (primary N) is 1. The molecule has 0 aliphatic rings. The van der Waals surface area contributed by atoms with Gasteiger partial charge in [-0.25, -0.2) is 9.78 Å². The maximum Gasteiger partial charge on any atom is 0.335 e. The summed E-state index contributed by atoms with van der Waals surface area (Å²) in [6.45, 7) is -0.0140. The fourth-order valence-electron chi connectivity index (χ4n) is 3.39. The highest BCUT2D eigenvalue weighted by molar-refractivity contribution is 6.01. The van der Waals surface area contributed by atoms with E-state index in [9.17, 15) is 19.5 Å². The van der Waals surface area contributed by atoms with Crippen LogP contribution in [0.2, 0.25) is 0 Å². The zero-order valence-electron chi connectivity index (χ0n) is 17.9. The van der Waals surface area contributed by atoms with Gasteiger partial charge < -0.3 is 25.4 Å². The Morgan fingerprint density at radius 1 is 1.06 bits per heavy atom. The van der Waals surface area contributed by atoms with Gasteiger partial charge in [0.05, 0.1) is 17.7 Å². The topological polar surface area (TPSA) is 117 Å². The number of benzene rings is 2.